The molecule has 0 aromatic carbocycles. The van der Waals surface area contributed by atoms with Gasteiger partial charge in [0, 0.05) is 31.5 Å². The fourth-order valence-corrected chi connectivity index (χ4v) is 1.49. The van der Waals surface area contributed by atoms with Gasteiger partial charge in [-0.25, -0.2) is 0 Å². The summed E-state index contributed by atoms with van der Waals surface area (Å²) >= 11 is 0. The highest BCUT2D eigenvalue weighted by Crippen LogP contribution is 2.17. The van der Waals surface area contributed by atoms with Crippen LogP contribution in [-0.2, 0) is 11.3 Å². The number of nitrogens with one attached hydrogen (secondary N) is 2. The lowest BCUT2D eigenvalue weighted by atomic mass is 10.4. The van der Waals surface area contributed by atoms with Gasteiger partial charge in [-0.3, -0.25) is 9.48 Å². The predicted molar refractivity (Wildman–Crippen MR) is 60.9 cm³/mol. The van der Waals surface area contributed by atoms with Crippen LogP contribution in [0.2, 0.25) is 0 Å². The van der Waals surface area contributed by atoms with Crippen LogP contribution < -0.4 is 10.6 Å². The summed E-state index contributed by atoms with van der Waals surface area (Å²) in [7, 11) is 0. The van der Waals surface area contributed by atoms with E-state index in [4.69, 9.17) is 0 Å². The third kappa shape index (κ3) is 4.02. The lowest BCUT2D eigenvalue weighted by Crippen LogP contribution is -2.35. The molecule has 1 saturated carbocycles. The van der Waals surface area contributed by atoms with Gasteiger partial charge in [0.1, 0.15) is 0 Å². The van der Waals surface area contributed by atoms with E-state index in [1.54, 1.807) is 6.20 Å². The molecule has 0 saturated heterocycles. The summed E-state index contributed by atoms with van der Waals surface area (Å²) in [4.78, 5) is 11.3. The highest BCUT2D eigenvalue weighted by molar-refractivity contribution is 5.77. The Morgan fingerprint density at radius 2 is 2.38 bits per heavy atom. The molecule has 5 heteroatoms. The second-order valence-electron chi connectivity index (χ2n) is 4.13. The Bertz CT molecular complexity index is 319. The molecule has 16 heavy (non-hydrogen) atoms. The number of aryl methyl sites for hydroxylation is 1. The van der Waals surface area contributed by atoms with Crippen LogP contribution in [0.25, 0.3) is 0 Å². The van der Waals surface area contributed by atoms with Crippen molar-refractivity contribution in [3.05, 3.63) is 18.5 Å². The van der Waals surface area contributed by atoms with Gasteiger partial charge in [-0.2, -0.15) is 5.10 Å². The highest BCUT2D eigenvalue weighted by Gasteiger charge is 2.20. The molecule has 88 valence electrons. The Morgan fingerprint density at radius 1 is 1.50 bits per heavy atom. The summed E-state index contributed by atoms with van der Waals surface area (Å²) in [6.07, 6.45) is 7.03. The van der Waals surface area contributed by atoms with E-state index in [0.717, 1.165) is 13.0 Å². The molecule has 1 aromatic rings. The van der Waals surface area contributed by atoms with Gasteiger partial charge in [-0.05, 0) is 25.3 Å². The van der Waals surface area contributed by atoms with Crippen molar-refractivity contribution in [2.75, 3.05) is 13.1 Å². The molecule has 0 bridgehead atoms. The summed E-state index contributed by atoms with van der Waals surface area (Å²) in [6, 6.07) is 2.49. The highest BCUT2D eigenvalue weighted by atomic mass is 16.1. The minimum atomic E-state index is 0.0902. The summed E-state index contributed by atoms with van der Waals surface area (Å²) in [5, 5.41) is 10.2. The normalized spacial score (nSPS) is 15.0. The molecule has 1 aromatic heterocycles. The number of carbonyl (C=O) groups excluding carboxylic acids is 1. The van der Waals surface area contributed by atoms with E-state index in [9.17, 15) is 4.79 Å². The molecule has 1 aliphatic carbocycles. The van der Waals surface area contributed by atoms with Crippen molar-refractivity contribution in [1.29, 1.82) is 0 Å². The molecule has 1 amide bonds. The first kappa shape index (κ1) is 11.1. The van der Waals surface area contributed by atoms with Gasteiger partial charge in [0.05, 0.1) is 6.54 Å². The maximum atomic E-state index is 11.3. The SMILES string of the molecule is O=C(CNC1CC1)NCCCn1cccn1. The van der Waals surface area contributed by atoms with Gasteiger partial charge >= 0.3 is 0 Å². The summed E-state index contributed by atoms with van der Waals surface area (Å²) in [5.41, 5.74) is 0. The van der Waals surface area contributed by atoms with Gasteiger partial charge in [0.25, 0.3) is 0 Å². The Labute approximate surface area is 95.2 Å². The first-order chi connectivity index (χ1) is 7.84. The summed E-state index contributed by atoms with van der Waals surface area (Å²) < 4.78 is 1.87. The summed E-state index contributed by atoms with van der Waals surface area (Å²) in [5.74, 6) is 0.0902. The third-order valence-corrected chi connectivity index (χ3v) is 2.57. The van der Waals surface area contributed by atoms with E-state index in [-0.39, 0.29) is 5.91 Å². The molecule has 0 radical (unpaired) electrons. The molecule has 2 N–H and O–H groups in total. The van der Waals surface area contributed by atoms with Crippen LogP contribution in [0, 0.1) is 0 Å². The standard InChI is InChI=1S/C11H18N4O/c16-11(9-13-10-3-4-10)12-5-1-7-15-8-2-6-14-15/h2,6,8,10,13H,1,3-5,7,9H2,(H,12,16). The number of amides is 1. The molecule has 0 aliphatic heterocycles. The smallest absolute Gasteiger partial charge is 0.233 e. The Morgan fingerprint density at radius 3 is 3.06 bits per heavy atom. The number of hydrogen-bond donors (Lipinski definition) is 2. The van der Waals surface area contributed by atoms with Crippen LogP contribution in [0.5, 0.6) is 0 Å². The average molecular weight is 222 g/mol. The van der Waals surface area contributed by atoms with E-state index in [1.807, 2.05) is 16.9 Å². The predicted octanol–water partition coefficient (Wildman–Crippen LogP) is 0.141. The molecule has 2 rings (SSSR count). The second kappa shape index (κ2) is 5.65. The van der Waals surface area contributed by atoms with E-state index in [2.05, 4.69) is 15.7 Å². The minimum absolute atomic E-state index is 0.0902. The Kier molecular flexibility index (Phi) is 3.93. The summed E-state index contributed by atoms with van der Waals surface area (Å²) in [6.45, 7) is 2.01. The molecule has 1 fully saturated rings. The van der Waals surface area contributed by atoms with Gasteiger partial charge in [-0.1, -0.05) is 0 Å². The van der Waals surface area contributed by atoms with E-state index >= 15 is 0 Å². The molecule has 0 spiro atoms. The van der Waals surface area contributed by atoms with Crippen LogP contribution in [0.4, 0.5) is 0 Å². The molecule has 1 heterocycles. The first-order valence-electron chi connectivity index (χ1n) is 5.82. The van der Waals surface area contributed by atoms with Crippen molar-refractivity contribution < 1.29 is 4.79 Å². The quantitative estimate of drug-likeness (QED) is 0.645. The van der Waals surface area contributed by atoms with Crippen LogP contribution in [0.3, 0.4) is 0 Å². The maximum Gasteiger partial charge on any atom is 0.233 e. The molecule has 5 nitrogen and oxygen atoms in total. The molecule has 0 atom stereocenters. The Hall–Kier alpha value is -1.36. The second-order valence-corrected chi connectivity index (χ2v) is 4.13. The van der Waals surface area contributed by atoms with Crippen LogP contribution in [0.15, 0.2) is 18.5 Å². The van der Waals surface area contributed by atoms with E-state index < -0.39 is 0 Å². The lowest BCUT2D eigenvalue weighted by Gasteiger charge is -2.05. The monoisotopic (exact) mass is 222 g/mol. The zero-order chi connectivity index (χ0) is 11.2. The number of hydrogen-bond acceptors (Lipinski definition) is 3. The van der Waals surface area contributed by atoms with Crippen molar-refractivity contribution in [3.63, 3.8) is 0 Å². The lowest BCUT2D eigenvalue weighted by molar-refractivity contribution is -0.120. The van der Waals surface area contributed by atoms with Gasteiger partial charge in [0.15, 0.2) is 0 Å². The van der Waals surface area contributed by atoms with Crippen LogP contribution in [-0.4, -0.2) is 34.8 Å². The van der Waals surface area contributed by atoms with Crippen molar-refractivity contribution in [2.24, 2.45) is 0 Å². The van der Waals surface area contributed by atoms with E-state index in [1.165, 1.54) is 12.8 Å². The van der Waals surface area contributed by atoms with Crippen molar-refractivity contribution >= 4 is 5.91 Å². The maximum absolute atomic E-state index is 11.3. The number of rotatable bonds is 7. The first-order valence-corrected chi connectivity index (χ1v) is 5.82. The molecular formula is C11H18N4O. The van der Waals surface area contributed by atoms with Crippen LogP contribution in [0.1, 0.15) is 19.3 Å². The van der Waals surface area contributed by atoms with E-state index in [0.29, 0.717) is 19.1 Å². The van der Waals surface area contributed by atoms with Gasteiger partial charge in [-0.15, -0.1) is 0 Å². The topological polar surface area (TPSA) is 59.0 Å². The average Bonchev–Trinajstić information content (AvgIpc) is 2.97. The zero-order valence-corrected chi connectivity index (χ0v) is 9.35. The number of carbonyl (C=O) groups is 1. The number of aromatic nitrogens is 2. The van der Waals surface area contributed by atoms with Crippen LogP contribution >= 0.6 is 0 Å². The molecule has 1 aliphatic rings. The fraction of sp³-hybridized carbons (Fsp3) is 0.636. The molecule has 0 unspecified atom stereocenters. The molecular weight excluding hydrogens is 204 g/mol. The number of nitrogens with zero attached hydrogens (tertiary/aromatic N) is 2. The Balaban J connectivity index is 1.48. The van der Waals surface area contributed by atoms with Crippen molar-refractivity contribution in [2.45, 2.75) is 31.8 Å². The zero-order valence-electron chi connectivity index (χ0n) is 9.35. The van der Waals surface area contributed by atoms with Gasteiger partial charge in [0.2, 0.25) is 5.91 Å². The van der Waals surface area contributed by atoms with Gasteiger partial charge < -0.3 is 10.6 Å². The van der Waals surface area contributed by atoms with Crippen molar-refractivity contribution in [3.8, 4) is 0 Å². The minimum Gasteiger partial charge on any atom is -0.355 e. The largest absolute Gasteiger partial charge is 0.355 e. The van der Waals surface area contributed by atoms with Crippen molar-refractivity contribution in [1.82, 2.24) is 20.4 Å². The fourth-order valence-electron chi connectivity index (χ4n) is 1.49. The third-order valence-electron chi connectivity index (χ3n) is 2.57.